The Labute approximate surface area is 245 Å². The van der Waals surface area contributed by atoms with Crippen LogP contribution in [-0.4, -0.2) is 59.5 Å². The first-order valence-electron chi connectivity index (χ1n) is 15.3. The third-order valence-corrected chi connectivity index (χ3v) is 10.0. The van der Waals surface area contributed by atoms with Crippen molar-refractivity contribution < 1.29 is 17.9 Å². The van der Waals surface area contributed by atoms with Crippen LogP contribution >= 0.6 is 0 Å². The molecule has 1 saturated heterocycles. The number of nitrogens with one attached hydrogen (secondary N) is 3. The van der Waals surface area contributed by atoms with E-state index in [4.69, 9.17) is 0 Å². The number of rotatable bonds is 10. The largest absolute Gasteiger partial charge is 0.573 e. The van der Waals surface area contributed by atoms with Crippen molar-refractivity contribution in [1.82, 2.24) is 20.2 Å². The quantitative estimate of drug-likeness (QED) is 0.336. The topological polar surface area (TPSA) is 98.1 Å². The number of benzene rings is 1. The number of nitriles is 1. The molecule has 2 aromatic rings. The first kappa shape index (κ1) is 29.0. The first-order chi connectivity index (χ1) is 20.2. The van der Waals surface area contributed by atoms with Gasteiger partial charge in [0.05, 0.1) is 6.20 Å². The van der Waals surface area contributed by atoms with E-state index in [0.717, 1.165) is 19.0 Å². The number of anilines is 2. The molecule has 11 heteroatoms. The lowest BCUT2D eigenvalue weighted by molar-refractivity contribution is -0.274. The van der Waals surface area contributed by atoms with Crippen LogP contribution in [0.25, 0.3) is 0 Å². The van der Waals surface area contributed by atoms with Crippen molar-refractivity contribution in [1.29, 1.82) is 5.26 Å². The van der Waals surface area contributed by atoms with Crippen molar-refractivity contribution >= 4 is 11.8 Å². The molecule has 5 fully saturated rings. The molecule has 0 spiro atoms. The molecule has 1 aromatic carbocycles. The minimum absolute atomic E-state index is 0.0401. The molecule has 42 heavy (non-hydrogen) atoms. The van der Waals surface area contributed by atoms with E-state index in [-0.39, 0.29) is 23.7 Å². The molecule has 7 rings (SSSR count). The van der Waals surface area contributed by atoms with Gasteiger partial charge in [0.1, 0.15) is 23.2 Å². The van der Waals surface area contributed by atoms with Gasteiger partial charge in [-0.3, -0.25) is 0 Å². The second-order valence-electron chi connectivity index (χ2n) is 12.8. The molecule has 226 valence electrons. The predicted octanol–water partition coefficient (Wildman–Crippen LogP) is 5.54. The number of halogens is 3. The van der Waals surface area contributed by atoms with Gasteiger partial charge in [-0.1, -0.05) is 25.1 Å². The van der Waals surface area contributed by atoms with Crippen LogP contribution in [0.1, 0.15) is 63.0 Å². The average molecular weight is 584 g/mol. The van der Waals surface area contributed by atoms with Gasteiger partial charge in [-0.2, -0.15) is 10.2 Å². The van der Waals surface area contributed by atoms with E-state index in [1.54, 1.807) is 12.1 Å². The van der Waals surface area contributed by atoms with Crippen LogP contribution in [0.2, 0.25) is 0 Å². The smallest absolute Gasteiger partial charge is 0.405 e. The Bertz CT molecular complexity index is 1270. The van der Waals surface area contributed by atoms with Gasteiger partial charge in [-0.15, -0.1) is 13.2 Å². The molecule has 5 aliphatic rings. The van der Waals surface area contributed by atoms with Gasteiger partial charge in [0.15, 0.2) is 0 Å². The molecule has 8 nitrogen and oxygen atoms in total. The summed E-state index contributed by atoms with van der Waals surface area (Å²) in [5.74, 6) is 2.58. The number of alkyl halides is 3. The highest BCUT2D eigenvalue weighted by molar-refractivity contribution is 5.53. The standard InChI is InChI=1S/C31H40F3N7O/c1-2-41-9-7-25(8-10-41)39-27-22-11-20-12-23(27)15-30(13-20,14-22)19-38-28-24(16-35)18-37-29(40-28)36-17-21-5-3-4-6-26(21)42-31(32,33)34/h3-6,18,20,22-23,25,27,39H,2,7-15,17,19H2,1H3,(H2,36,37,38,40)/t20?,22-,23+,27-,30-. The summed E-state index contributed by atoms with van der Waals surface area (Å²) in [6.45, 7) is 6.56. The molecular weight excluding hydrogens is 543 g/mol. The van der Waals surface area contributed by atoms with Crippen LogP contribution in [0.3, 0.4) is 0 Å². The van der Waals surface area contributed by atoms with Crippen LogP contribution in [-0.2, 0) is 6.54 Å². The van der Waals surface area contributed by atoms with E-state index >= 15 is 0 Å². The Kier molecular flexibility index (Phi) is 8.20. The molecular formula is C31H40F3N7O. The fourth-order valence-corrected chi connectivity index (χ4v) is 8.37. The molecule has 4 aliphatic carbocycles. The fourth-order valence-electron chi connectivity index (χ4n) is 8.37. The number of hydrogen-bond acceptors (Lipinski definition) is 8. The zero-order chi connectivity index (χ0) is 29.3. The summed E-state index contributed by atoms with van der Waals surface area (Å²) in [7, 11) is 0. The van der Waals surface area contributed by atoms with Gasteiger partial charge in [-0.25, -0.2) is 4.98 Å². The summed E-state index contributed by atoms with van der Waals surface area (Å²) in [4.78, 5) is 11.3. The maximum Gasteiger partial charge on any atom is 0.573 e. The lowest BCUT2D eigenvalue weighted by Gasteiger charge is -2.61. The van der Waals surface area contributed by atoms with Crippen LogP contribution in [0, 0.1) is 34.5 Å². The van der Waals surface area contributed by atoms with Crippen LogP contribution in [0.4, 0.5) is 24.9 Å². The van der Waals surface area contributed by atoms with Gasteiger partial charge < -0.3 is 25.6 Å². The summed E-state index contributed by atoms with van der Waals surface area (Å²) >= 11 is 0. The molecule has 4 saturated carbocycles. The van der Waals surface area contributed by atoms with E-state index in [0.29, 0.717) is 40.9 Å². The maximum atomic E-state index is 12.8. The van der Waals surface area contributed by atoms with E-state index in [9.17, 15) is 18.4 Å². The first-order valence-corrected chi connectivity index (χ1v) is 15.3. The van der Waals surface area contributed by atoms with Crippen molar-refractivity contribution in [3.8, 4) is 11.8 Å². The normalized spacial score (nSPS) is 29.3. The minimum atomic E-state index is -4.78. The van der Waals surface area contributed by atoms with Crippen molar-refractivity contribution in [2.24, 2.45) is 23.2 Å². The Morgan fingerprint density at radius 1 is 1.10 bits per heavy atom. The van der Waals surface area contributed by atoms with E-state index < -0.39 is 6.36 Å². The maximum absolute atomic E-state index is 12.8. The molecule has 1 unspecified atom stereocenters. The molecule has 2 heterocycles. The van der Waals surface area contributed by atoms with Crippen LogP contribution in [0.15, 0.2) is 30.5 Å². The Hall–Kier alpha value is -3.10. The van der Waals surface area contributed by atoms with Gasteiger partial charge in [0.25, 0.3) is 0 Å². The van der Waals surface area contributed by atoms with Crippen molar-refractivity contribution in [3.63, 3.8) is 0 Å². The van der Waals surface area contributed by atoms with Crippen LogP contribution in [0.5, 0.6) is 5.75 Å². The molecule has 1 aromatic heterocycles. The van der Waals surface area contributed by atoms with Gasteiger partial charge >= 0.3 is 6.36 Å². The molecule has 3 N–H and O–H groups in total. The molecule has 0 amide bonds. The van der Waals surface area contributed by atoms with Gasteiger partial charge in [0.2, 0.25) is 5.95 Å². The fraction of sp³-hybridized carbons (Fsp3) is 0.645. The van der Waals surface area contributed by atoms with Crippen molar-refractivity contribution in [2.45, 2.75) is 76.9 Å². The second-order valence-corrected chi connectivity index (χ2v) is 12.8. The zero-order valence-corrected chi connectivity index (χ0v) is 24.1. The van der Waals surface area contributed by atoms with Crippen LogP contribution < -0.4 is 20.7 Å². The van der Waals surface area contributed by atoms with Gasteiger partial charge in [-0.05, 0) is 93.8 Å². The SMILES string of the molecule is CCN1CCC(N[C@@H]2[C@@H]3CC4C[C@H]2C[C@@](CNc2nc(NCc5ccccc5OC(F)(F)F)ncc2C#N)(C4)C3)CC1. The summed E-state index contributed by atoms with van der Waals surface area (Å²) in [5, 5.41) is 20.3. The number of para-hydroxylation sites is 1. The molecule has 5 atom stereocenters. The van der Waals surface area contributed by atoms with E-state index in [1.165, 1.54) is 76.4 Å². The number of piperidine rings is 1. The number of hydrogen-bond donors (Lipinski definition) is 3. The lowest BCUT2D eigenvalue weighted by atomic mass is 9.48. The number of likely N-dealkylation sites (tertiary alicyclic amines) is 1. The van der Waals surface area contributed by atoms with E-state index in [2.05, 4.69) is 48.5 Å². The Morgan fingerprint density at radius 3 is 2.52 bits per heavy atom. The Morgan fingerprint density at radius 2 is 1.83 bits per heavy atom. The van der Waals surface area contributed by atoms with E-state index in [1.807, 2.05) is 0 Å². The highest BCUT2D eigenvalue weighted by Crippen LogP contribution is 2.60. The number of aromatic nitrogens is 2. The predicted molar refractivity (Wildman–Crippen MR) is 154 cm³/mol. The number of nitrogens with zero attached hydrogens (tertiary/aromatic N) is 4. The molecule has 1 aliphatic heterocycles. The third-order valence-electron chi connectivity index (χ3n) is 10.0. The second kappa shape index (κ2) is 11.9. The summed E-state index contributed by atoms with van der Waals surface area (Å²) in [5.41, 5.74) is 0.869. The average Bonchev–Trinajstić information content (AvgIpc) is 2.97. The summed E-state index contributed by atoms with van der Waals surface area (Å²) in [6, 6.07) is 9.38. The summed E-state index contributed by atoms with van der Waals surface area (Å²) in [6.07, 6.45) is 5.37. The number of ether oxygens (including phenoxy) is 1. The lowest BCUT2D eigenvalue weighted by Crippen LogP contribution is -2.61. The van der Waals surface area contributed by atoms with Crippen molar-refractivity contribution in [3.05, 3.63) is 41.6 Å². The Balaban J connectivity index is 1.09. The zero-order valence-electron chi connectivity index (χ0n) is 24.1. The highest BCUT2D eigenvalue weighted by Gasteiger charge is 2.55. The molecule has 0 radical (unpaired) electrons. The highest BCUT2D eigenvalue weighted by atomic mass is 19.4. The van der Waals surface area contributed by atoms with Gasteiger partial charge in [0, 0.05) is 30.7 Å². The van der Waals surface area contributed by atoms with Crippen molar-refractivity contribution in [2.75, 3.05) is 36.8 Å². The summed E-state index contributed by atoms with van der Waals surface area (Å²) < 4.78 is 42.6. The third kappa shape index (κ3) is 6.45. The monoisotopic (exact) mass is 583 g/mol. The minimum Gasteiger partial charge on any atom is -0.405 e. The molecule has 4 bridgehead atoms.